The summed E-state index contributed by atoms with van der Waals surface area (Å²) in [6.07, 6.45) is 0. The van der Waals surface area contributed by atoms with Crippen LogP contribution in [0.4, 0.5) is 5.69 Å². The number of hydrogen-bond donors (Lipinski definition) is 0. The van der Waals surface area contributed by atoms with E-state index >= 15 is 0 Å². The minimum absolute atomic E-state index is 0.0180. The second-order valence-electron chi connectivity index (χ2n) is 4.56. The minimum atomic E-state index is -4.17. The summed E-state index contributed by atoms with van der Waals surface area (Å²) in [4.78, 5) is 9.76. The van der Waals surface area contributed by atoms with Gasteiger partial charge in [-0.05, 0) is 18.1 Å². The molecule has 22 heavy (non-hydrogen) atoms. The predicted molar refractivity (Wildman–Crippen MR) is 81.6 cm³/mol. The van der Waals surface area contributed by atoms with Crippen LogP contribution >= 0.6 is 10.7 Å². The molecule has 0 heterocycles. The number of non-ortho nitro benzene ring substituents is 1. The van der Waals surface area contributed by atoms with Gasteiger partial charge in [0, 0.05) is 22.8 Å². The molecule has 0 unspecified atom stereocenters. The SMILES string of the molecule is Cc1cc([N+](=O)[O-])cc(S(=O)(=O)Cl)c1OCc1ccccc1. The van der Waals surface area contributed by atoms with Gasteiger partial charge in [0.05, 0.1) is 4.92 Å². The molecular weight excluding hydrogens is 330 g/mol. The van der Waals surface area contributed by atoms with Crippen molar-refractivity contribution in [3.05, 3.63) is 63.7 Å². The number of nitrogens with zero attached hydrogens (tertiary/aromatic N) is 1. The Balaban J connectivity index is 2.43. The molecule has 0 saturated carbocycles. The molecule has 116 valence electrons. The number of benzene rings is 2. The van der Waals surface area contributed by atoms with Crippen molar-refractivity contribution in [2.24, 2.45) is 0 Å². The molecule has 0 amide bonds. The Labute approximate surface area is 131 Å². The van der Waals surface area contributed by atoms with E-state index in [2.05, 4.69) is 0 Å². The number of hydrogen-bond acceptors (Lipinski definition) is 5. The standard InChI is InChI=1S/C14H12ClNO5S/c1-10-7-12(16(17)18)8-13(22(15,19)20)14(10)21-9-11-5-3-2-4-6-11/h2-8H,9H2,1H3. The molecule has 2 aromatic rings. The van der Waals surface area contributed by atoms with Gasteiger partial charge in [-0.1, -0.05) is 30.3 Å². The van der Waals surface area contributed by atoms with Crippen LogP contribution in [0.1, 0.15) is 11.1 Å². The topological polar surface area (TPSA) is 86.5 Å². The first kappa shape index (κ1) is 16.3. The van der Waals surface area contributed by atoms with Gasteiger partial charge in [-0.2, -0.15) is 0 Å². The highest BCUT2D eigenvalue weighted by Crippen LogP contribution is 2.34. The number of nitro benzene ring substituents is 1. The van der Waals surface area contributed by atoms with Gasteiger partial charge in [-0.25, -0.2) is 8.42 Å². The normalized spacial score (nSPS) is 11.2. The van der Waals surface area contributed by atoms with Gasteiger partial charge in [-0.15, -0.1) is 0 Å². The second kappa shape index (κ2) is 6.33. The maximum atomic E-state index is 11.7. The fourth-order valence-electron chi connectivity index (χ4n) is 1.92. The molecule has 0 radical (unpaired) electrons. The highest BCUT2D eigenvalue weighted by Gasteiger charge is 2.24. The fraction of sp³-hybridized carbons (Fsp3) is 0.143. The quantitative estimate of drug-likeness (QED) is 0.472. The van der Waals surface area contributed by atoms with E-state index in [0.717, 1.165) is 11.6 Å². The van der Waals surface area contributed by atoms with Gasteiger partial charge in [0.2, 0.25) is 0 Å². The number of rotatable bonds is 5. The molecule has 0 aliphatic rings. The Morgan fingerprint density at radius 3 is 2.41 bits per heavy atom. The molecule has 0 N–H and O–H groups in total. The van der Waals surface area contributed by atoms with Crippen molar-refractivity contribution in [2.45, 2.75) is 18.4 Å². The monoisotopic (exact) mass is 341 g/mol. The zero-order valence-electron chi connectivity index (χ0n) is 11.5. The molecule has 0 saturated heterocycles. The van der Waals surface area contributed by atoms with Gasteiger partial charge in [0.25, 0.3) is 14.7 Å². The zero-order chi connectivity index (χ0) is 16.3. The molecule has 0 aliphatic carbocycles. The van der Waals surface area contributed by atoms with E-state index < -0.39 is 18.9 Å². The van der Waals surface area contributed by atoms with Crippen LogP contribution in [0.25, 0.3) is 0 Å². The Hall–Kier alpha value is -2.12. The first-order valence-corrected chi connectivity index (χ1v) is 8.50. The second-order valence-corrected chi connectivity index (χ2v) is 7.09. The summed E-state index contributed by atoms with van der Waals surface area (Å²) >= 11 is 0. The first-order valence-electron chi connectivity index (χ1n) is 6.19. The van der Waals surface area contributed by atoms with E-state index in [1.165, 1.54) is 13.0 Å². The maximum Gasteiger partial charge on any atom is 0.271 e. The summed E-state index contributed by atoms with van der Waals surface area (Å²) in [5, 5.41) is 10.8. The van der Waals surface area contributed by atoms with Crippen LogP contribution in [-0.2, 0) is 15.7 Å². The van der Waals surface area contributed by atoms with Crippen molar-refractivity contribution < 1.29 is 18.1 Å². The lowest BCUT2D eigenvalue weighted by atomic mass is 10.2. The third-order valence-electron chi connectivity index (χ3n) is 2.92. The summed E-state index contributed by atoms with van der Waals surface area (Å²) in [7, 11) is 1.19. The van der Waals surface area contributed by atoms with Crippen LogP contribution in [0.5, 0.6) is 5.75 Å². The van der Waals surface area contributed by atoms with Crippen LogP contribution in [0, 0.1) is 17.0 Å². The molecule has 6 nitrogen and oxygen atoms in total. The molecule has 8 heteroatoms. The molecule has 2 rings (SSSR count). The van der Waals surface area contributed by atoms with E-state index in [9.17, 15) is 18.5 Å². The smallest absolute Gasteiger partial charge is 0.271 e. The van der Waals surface area contributed by atoms with Crippen molar-refractivity contribution in [1.82, 2.24) is 0 Å². The van der Waals surface area contributed by atoms with E-state index in [1.807, 2.05) is 30.3 Å². The zero-order valence-corrected chi connectivity index (χ0v) is 13.1. The third-order valence-corrected chi connectivity index (χ3v) is 4.25. The average Bonchev–Trinajstić information content (AvgIpc) is 2.45. The van der Waals surface area contributed by atoms with E-state index in [1.54, 1.807) is 0 Å². The van der Waals surface area contributed by atoms with Gasteiger partial charge in [-0.3, -0.25) is 10.1 Å². The van der Waals surface area contributed by atoms with Crippen LogP contribution in [0.3, 0.4) is 0 Å². The maximum absolute atomic E-state index is 11.7. The number of ether oxygens (including phenoxy) is 1. The lowest BCUT2D eigenvalue weighted by Crippen LogP contribution is -2.04. The summed E-state index contributed by atoms with van der Waals surface area (Å²) in [5.41, 5.74) is 0.798. The largest absolute Gasteiger partial charge is 0.487 e. The molecule has 0 fully saturated rings. The summed E-state index contributed by atoms with van der Waals surface area (Å²) in [5.74, 6) is 0.0180. The Morgan fingerprint density at radius 1 is 1.23 bits per heavy atom. The summed E-state index contributed by atoms with van der Waals surface area (Å²) in [6.45, 7) is 1.65. The Kier molecular flexibility index (Phi) is 4.68. The van der Waals surface area contributed by atoms with Crippen LogP contribution in [0.2, 0.25) is 0 Å². The first-order chi connectivity index (χ1) is 10.3. The van der Waals surface area contributed by atoms with Gasteiger partial charge >= 0.3 is 0 Å². The lowest BCUT2D eigenvalue weighted by molar-refractivity contribution is -0.385. The van der Waals surface area contributed by atoms with Gasteiger partial charge in [0.15, 0.2) is 0 Å². The van der Waals surface area contributed by atoms with E-state index in [4.69, 9.17) is 15.4 Å². The lowest BCUT2D eigenvalue weighted by Gasteiger charge is -2.12. The van der Waals surface area contributed by atoms with Gasteiger partial charge < -0.3 is 4.74 Å². The minimum Gasteiger partial charge on any atom is -0.487 e. The van der Waals surface area contributed by atoms with Crippen molar-refractivity contribution in [2.75, 3.05) is 0 Å². The molecule has 0 spiro atoms. The van der Waals surface area contributed by atoms with Gasteiger partial charge in [0.1, 0.15) is 17.3 Å². The highest BCUT2D eigenvalue weighted by atomic mass is 35.7. The molecule has 0 aliphatic heterocycles. The molecule has 2 aromatic carbocycles. The van der Waals surface area contributed by atoms with E-state index in [-0.39, 0.29) is 18.0 Å². The fourth-order valence-corrected chi connectivity index (χ4v) is 2.97. The summed E-state index contributed by atoms with van der Waals surface area (Å²) in [6, 6.07) is 11.3. The Morgan fingerprint density at radius 2 is 1.86 bits per heavy atom. The van der Waals surface area contributed by atoms with Crippen molar-refractivity contribution in [1.29, 1.82) is 0 Å². The number of nitro groups is 1. The van der Waals surface area contributed by atoms with Crippen LogP contribution in [0.15, 0.2) is 47.4 Å². The molecule has 0 aromatic heterocycles. The van der Waals surface area contributed by atoms with Crippen LogP contribution < -0.4 is 4.74 Å². The van der Waals surface area contributed by atoms with Crippen LogP contribution in [-0.4, -0.2) is 13.3 Å². The molecule has 0 bridgehead atoms. The van der Waals surface area contributed by atoms with E-state index in [0.29, 0.717) is 5.56 Å². The van der Waals surface area contributed by atoms with Crippen molar-refractivity contribution >= 4 is 25.4 Å². The Bertz CT molecular complexity index is 805. The average molecular weight is 342 g/mol. The predicted octanol–water partition coefficient (Wildman–Crippen LogP) is 3.41. The third kappa shape index (κ3) is 3.75. The number of aryl methyl sites for hydroxylation is 1. The summed E-state index contributed by atoms with van der Waals surface area (Å²) < 4.78 is 28.8. The van der Waals surface area contributed by atoms with Crippen molar-refractivity contribution in [3.8, 4) is 5.75 Å². The molecular formula is C14H12ClNO5S. The highest BCUT2D eigenvalue weighted by molar-refractivity contribution is 8.13. The van der Waals surface area contributed by atoms with Crippen molar-refractivity contribution in [3.63, 3.8) is 0 Å². The number of halogens is 1. The molecule has 0 atom stereocenters.